The first-order chi connectivity index (χ1) is 6.99. The van der Waals surface area contributed by atoms with Crippen LogP contribution in [0.4, 0.5) is 0 Å². The van der Waals surface area contributed by atoms with Crippen molar-refractivity contribution in [1.29, 1.82) is 0 Å². The fraction of sp³-hybridized carbons (Fsp3) is 0.533. The Balaban J connectivity index is 0. The summed E-state index contributed by atoms with van der Waals surface area (Å²) in [5.74, 6) is 1.07. The number of hydrogen-bond acceptors (Lipinski definition) is 0. The quantitative estimate of drug-likeness (QED) is 0.698. The second-order valence-electron chi connectivity index (χ2n) is 4.46. The van der Waals surface area contributed by atoms with Crippen LogP contribution in [0.15, 0.2) is 29.8 Å². The smallest absolute Gasteiger partial charge is 0.514 e. The van der Waals surface area contributed by atoms with Gasteiger partial charge in [-0.3, -0.25) is 5.57 Å². The maximum Gasteiger partial charge on any atom is 2.00 e. The molecule has 0 saturated carbocycles. The largest absolute Gasteiger partial charge is 2.00 e. The molecule has 93 valence electrons. The zero-order valence-electron chi connectivity index (χ0n) is 11.1. The van der Waals surface area contributed by atoms with Crippen LogP contribution in [0.25, 0.3) is 0 Å². The molecule has 0 fully saturated rings. The van der Waals surface area contributed by atoms with Crippen LogP contribution in [0.5, 0.6) is 0 Å². The Bertz CT molecular complexity index is 245. The minimum atomic E-state index is 0. The average molecular weight is 263 g/mol. The Morgan fingerprint density at radius 2 is 1.44 bits per heavy atom. The monoisotopic (exact) mass is 263 g/mol. The summed E-state index contributed by atoms with van der Waals surface area (Å²) < 4.78 is 0. The van der Waals surface area contributed by atoms with Gasteiger partial charge >= 0.3 is 16.8 Å². The normalized spacial score (nSPS) is 9.44. The van der Waals surface area contributed by atoms with Crippen LogP contribution in [0.3, 0.4) is 0 Å². The van der Waals surface area contributed by atoms with E-state index in [0.29, 0.717) is 11.8 Å². The first-order valence-electron chi connectivity index (χ1n) is 5.81. The van der Waals surface area contributed by atoms with Gasteiger partial charge in [0.2, 0.25) is 0 Å². The molecule has 1 aromatic carbocycles. The van der Waals surface area contributed by atoms with E-state index in [-0.39, 0.29) is 16.8 Å². The van der Waals surface area contributed by atoms with Crippen molar-refractivity contribution in [3.05, 3.63) is 42.0 Å². The molecule has 1 radical (unpaired) electrons. The summed E-state index contributed by atoms with van der Waals surface area (Å²) in [6.07, 6.45) is 1.16. The maximum atomic E-state index is 5.68. The summed E-state index contributed by atoms with van der Waals surface area (Å²) in [5, 5.41) is 0. The molecule has 0 amide bonds. The second-order valence-corrected chi connectivity index (χ2v) is 4.46. The van der Waals surface area contributed by atoms with Crippen LogP contribution in [0, 0.1) is 18.4 Å². The Kier molecular flexibility index (Phi) is 11.0. The van der Waals surface area contributed by atoms with E-state index in [9.17, 15) is 0 Å². The first kappa shape index (κ1) is 18.0. The topological polar surface area (TPSA) is 0 Å². The van der Waals surface area contributed by atoms with Gasteiger partial charge < -0.3 is 6.58 Å². The van der Waals surface area contributed by atoms with E-state index < -0.39 is 0 Å². The van der Waals surface area contributed by atoms with Gasteiger partial charge in [-0.1, -0.05) is 52.9 Å². The predicted molar refractivity (Wildman–Crippen MR) is 68.9 cm³/mol. The summed E-state index contributed by atoms with van der Waals surface area (Å²) in [5.41, 5.74) is 2.53. The van der Waals surface area contributed by atoms with E-state index in [0.717, 1.165) is 12.0 Å². The third-order valence-corrected chi connectivity index (χ3v) is 2.47. The van der Waals surface area contributed by atoms with Crippen molar-refractivity contribution in [2.24, 2.45) is 11.8 Å². The van der Waals surface area contributed by atoms with Crippen molar-refractivity contribution in [1.82, 2.24) is 0 Å². The molecule has 0 heterocycles. The standard InChI is InChI=1S/C8H15.C7H9.Co/c1-6(2)8(5)7(3)4;1-2-7-5-3-4-6-7;/h5-7H,1-4H3;3-6H,2H2,1H3;/q2*-1;+2. The minimum Gasteiger partial charge on any atom is -0.514 e. The van der Waals surface area contributed by atoms with Crippen molar-refractivity contribution in [3.63, 3.8) is 0 Å². The van der Waals surface area contributed by atoms with Crippen LogP contribution >= 0.6 is 0 Å². The Hall–Kier alpha value is -0.404. The molecule has 0 bridgehead atoms. The summed E-state index contributed by atoms with van der Waals surface area (Å²) in [7, 11) is 0. The van der Waals surface area contributed by atoms with Crippen LogP contribution < -0.4 is 0 Å². The molecule has 0 aliphatic heterocycles. The van der Waals surface area contributed by atoms with Crippen molar-refractivity contribution in [2.45, 2.75) is 41.0 Å². The van der Waals surface area contributed by atoms with Gasteiger partial charge in [-0.2, -0.15) is 17.7 Å². The zero-order chi connectivity index (χ0) is 11.8. The number of aryl methyl sites for hydroxylation is 1. The predicted octanol–water partition coefficient (Wildman–Crippen LogP) is 4.62. The van der Waals surface area contributed by atoms with Gasteiger partial charge in [0.25, 0.3) is 0 Å². The number of hydrogen-bond donors (Lipinski definition) is 0. The number of allylic oxidation sites excluding steroid dienone is 1. The van der Waals surface area contributed by atoms with Gasteiger partial charge in [-0.15, -0.1) is 0 Å². The maximum absolute atomic E-state index is 5.68. The molecule has 0 aliphatic rings. The van der Waals surface area contributed by atoms with Crippen LogP contribution in [0.1, 0.15) is 40.2 Å². The molecule has 1 rings (SSSR count). The minimum absolute atomic E-state index is 0. The molecule has 0 N–H and O–H groups in total. The van der Waals surface area contributed by atoms with Crippen molar-refractivity contribution in [2.75, 3.05) is 0 Å². The molecule has 0 atom stereocenters. The molecular formula is C15H24Co. The fourth-order valence-corrected chi connectivity index (χ4v) is 1.32. The third-order valence-electron chi connectivity index (χ3n) is 2.47. The van der Waals surface area contributed by atoms with E-state index in [1.807, 2.05) is 0 Å². The van der Waals surface area contributed by atoms with Crippen LogP contribution in [-0.2, 0) is 23.2 Å². The van der Waals surface area contributed by atoms with Gasteiger partial charge in [0, 0.05) is 0 Å². The molecule has 0 spiro atoms. The van der Waals surface area contributed by atoms with E-state index in [1.165, 1.54) is 5.56 Å². The molecule has 1 aromatic rings. The van der Waals surface area contributed by atoms with Gasteiger partial charge in [0.1, 0.15) is 0 Å². The number of rotatable bonds is 3. The molecular weight excluding hydrogens is 239 g/mol. The molecule has 0 aromatic heterocycles. The molecule has 0 nitrogen and oxygen atoms in total. The Morgan fingerprint density at radius 1 is 1.06 bits per heavy atom. The Labute approximate surface area is 112 Å². The van der Waals surface area contributed by atoms with E-state index >= 15 is 0 Å². The van der Waals surface area contributed by atoms with Crippen molar-refractivity contribution >= 4 is 0 Å². The summed E-state index contributed by atoms with van der Waals surface area (Å²) in [6.45, 7) is 16.3. The molecule has 0 saturated heterocycles. The van der Waals surface area contributed by atoms with Gasteiger partial charge in [0.05, 0.1) is 0 Å². The van der Waals surface area contributed by atoms with Crippen LogP contribution in [-0.4, -0.2) is 0 Å². The van der Waals surface area contributed by atoms with Crippen LogP contribution in [0.2, 0.25) is 0 Å². The summed E-state index contributed by atoms with van der Waals surface area (Å²) in [4.78, 5) is 0. The van der Waals surface area contributed by atoms with Gasteiger partial charge in [-0.05, 0) is 0 Å². The summed E-state index contributed by atoms with van der Waals surface area (Å²) in [6, 6.07) is 8.41. The summed E-state index contributed by atoms with van der Waals surface area (Å²) >= 11 is 0. The SMILES string of the molecule is CC[c-]1cccc1.[CH-]=C(C(C)C)C(C)C.[Co+2]. The third kappa shape index (κ3) is 7.83. The fourth-order valence-electron chi connectivity index (χ4n) is 1.32. The molecule has 16 heavy (non-hydrogen) atoms. The van der Waals surface area contributed by atoms with E-state index in [2.05, 4.69) is 58.9 Å². The van der Waals surface area contributed by atoms with E-state index in [4.69, 9.17) is 6.58 Å². The van der Waals surface area contributed by atoms with Gasteiger partial charge in [-0.25, -0.2) is 12.1 Å². The van der Waals surface area contributed by atoms with Gasteiger partial charge in [0.15, 0.2) is 0 Å². The Morgan fingerprint density at radius 3 is 1.56 bits per heavy atom. The molecule has 0 unspecified atom stereocenters. The average Bonchev–Trinajstić information content (AvgIpc) is 2.69. The van der Waals surface area contributed by atoms with E-state index in [1.54, 1.807) is 0 Å². The zero-order valence-corrected chi connectivity index (χ0v) is 12.1. The molecule has 0 aliphatic carbocycles. The second kappa shape index (κ2) is 9.80. The molecule has 1 heteroatoms. The van der Waals surface area contributed by atoms with Crippen molar-refractivity contribution in [3.8, 4) is 0 Å². The van der Waals surface area contributed by atoms with Crippen molar-refractivity contribution < 1.29 is 16.8 Å². The first-order valence-corrected chi connectivity index (χ1v) is 5.81.